The number of nitrogens with zero attached hydrogens (tertiary/aromatic N) is 2. The first-order valence-corrected chi connectivity index (χ1v) is 5.57. The molecule has 3 heteroatoms. The molecule has 0 saturated heterocycles. The Kier molecular flexibility index (Phi) is 3.06. The lowest BCUT2D eigenvalue weighted by Gasteiger charge is -2.10. The summed E-state index contributed by atoms with van der Waals surface area (Å²) in [5.74, 6) is 1.01. The second kappa shape index (κ2) is 4.49. The Morgan fingerprint density at radius 2 is 2.19 bits per heavy atom. The van der Waals surface area contributed by atoms with E-state index >= 15 is 0 Å². The van der Waals surface area contributed by atoms with Gasteiger partial charge in [0, 0.05) is 31.0 Å². The highest BCUT2D eigenvalue weighted by atomic mass is 15.1. The van der Waals surface area contributed by atoms with E-state index in [9.17, 15) is 0 Å². The van der Waals surface area contributed by atoms with E-state index in [1.807, 2.05) is 12.4 Å². The summed E-state index contributed by atoms with van der Waals surface area (Å²) in [6.45, 7) is 5.67. The van der Waals surface area contributed by atoms with Crippen LogP contribution in [-0.2, 0) is 13.1 Å². The van der Waals surface area contributed by atoms with Crippen LogP contribution in [-0.4, -0.2) is 9.55 Å². The first-order chi connectivity index (χ1) is 7.76. The predicted octanol–water partition coefficient (Wildman–Crippen LogP) is 2.34. The molecular formula is C13H17N3. The summed E-state index contributed by atoms with van der Waals surface area (Å²) in [4.78, 5) is 4.41. The Morgan fingerprint density at radius 3 is 2.88 bits per heavy atom. The molecule has 16 heavy (non-hydrogen) atoms. The Bertz CT molecular complexity index is 486. The zero-order chi connectivity index (χ0) is 11.5. The smallest absolute Gasteiger partial charge is 0.140 e. The molecule has 0 bridgehead atoms. The number of nitrogens with two attached hydrogens (primary N) is 1. The van der Waals surface area contributed by atoms with Crippen LogP contribution in [0, 0.1) is 6.92 Å². The van der Waals surface area contributed by atoms with Gasteiger partial charge in [-0.05, 0) is 25.5 Å². The molecule has 1 aromatic heterocycles. The minimum atomic E-state index is 0.548. The molecular weight excluding hydrogens is 198 g/mol. The molecule has 0 radical (unpaired) electrons. The topological polar surface area (TPSA) is 43.8 Å². The van der Waals surface area contributed by atoms with Crippen LogP contribution in [0.3, 0.4) is 0 Å². The number of imidazole rings is 1. The molecule has 0 spiro atoms. The molecule has 0 atom stereocenters. The highest BCUT2D eigenvalue weighted by molar-refractivity contribution is 5.62. The van der Waals surface area contributed by atoms with Crippen LogP contribution in [0.2, 0.25) is 0 Å². The first-order valence-electron chi connectivity index (χ1n) is 5.57. The largest absolute Gasteiger partial charge is 0.331 e. The van der Waals surface area contributed by atoms with Gasteiger partial charge in [0.05, 0.1) is 0 Å². The van der Waals surface area contributed by atoms with Crippen LogP contribution < -0.4 is 5.73 Å². The highest BCUT2D eigenvalue weighted by Gasteiger charge is 2.09. The van der Waals surface area contributed by atoms with E-state index in [0.717, 1.165) is 23.5 Å². The summed E-state index contributed by atoms with van der Waals surface area (Å²) in [7, 11) is 0. The molecule has 0 amide bonds. The van der Waals surface area contributed by atoms with Crippen molar-refractivity contribution < 1.29 is 0 Å². The van der Waals surface area contributed by atoms with E-state index in [1.54, 1.807) is 0 Å². The van der Waals surface area contributed by atoms with Crippen molar-refractivity contribution >= 4 is 0 Å². The number of aryl methyl sites for hydroxylation is 2. The van der Waals surface area contributed by atoms with Crippen molar-refractivity contribution in [3.8, 4) is 11.4 Å². The van der Waals surface area contributed by atoms with Gasteiger partial charge in [-0.1, -0.05) is 17.7 Å². The van der Waals surface area contributed by atoms with Gasteiger partial charge in [-0.2, -0.15) is 0 Å². The molecule has 0 unspecified atom stereocenters. The molecule has 2 aromatic rings. The van der Waals surface area contributed by atoms with Gasteiger partial charge in [0.1, 0.15) is 5.82 Å². The van der Waals surface area contributed by atoms with E-state index in [2.05, 4.69) is 41.6 Å². The van der Waals surface area contributed by atoms with Crippen LogP contribution in [0.25, 0.3) is 11.4 Å². The molecule has 0 saturated carbocycles. The van der Waals surface area contributed by atoms with Gasteiger partial charge in [0.25, 0.3) is 0 Å². The van der Waals surface area contributed by atoms with Crippen LogP contribution in [0.5, 0.6) is 0 Å². The Labute approximate surface area is 95.9 Å². The molecule has 0 aliphatic rings. The lowest BCUT2D eigenvalue weighted by molar-refractivity contribution is 0.769. The Hall–Kier alpha value is -1.61. The number of benzene rings is 1. The van der Waals surface area contributed by atoms with Crippen LogP contribution in [0.4, 0.5) is 0 Å². The van der Waals surface area contributed by atoms with Gasteiger partial charge in [0.2, 0.25) is 0 Å². The fourth-order valence-electron chi connectivity index (χ4n) is 1.89. The zero-order valence-corrected chi connectivity index (χ0v) is 9.77. The molecule has 1 aromatic carbocycles. The third kappa shape index (κ3) is 1.86. The van der Waals surface area contributed by atoms with Crippen molar-refractivity contribution in [3.63, 3.8) is 0 Å². The number of hydrogen-bond acceptors (Lipinski definition) is 2. The van der Waals surface area contributed by atoms with E-state index < -0.39 is 0 Å². The van der Waals surface area contributed by atoms with Crippen molar-refractivity contribution in [2.24, 2.45) is 5.73 Å². The van der Waals surface area contributed by atoms with Gasteiger partial charge < -0.3 is 10.3 Å². The standard InChI is InChI=1S/C13H17N3/c1-3-16-7-6-15-13(16)12-8-10(2)4-5-11(12)9-14/h4-8H,3,9,14H2,1-2H3. The molecule has 0 aliphatic heterocycles. The molecule has 3 nitrogen and oxygen atoms in total. The first kappa shape index (κ1) is 10.9. The van der Waals surface area contributed by atoms with Crippen molar-refractivity contribution in [1.29, 1.82) is 0 Å². The summed E-state index contributed by atoms with van der Waals surface area (Å²) >= 11 is 0. The fraction of sp³-hybridized carbons (Fsp3) is 0.308. The van der Waals surface area contributed by atoms with E-state index in [-0.39, 0.29) is 0 Å². The average molecular weight is 215 g/mol. The normalized spacial score (nSPS) is 10.7. The maximum Gasteiger partial charge on any atom is 0.140 e. The van der Waals surface area contributed by atoms with Gasteiger partial charge in [-0.25, -0.2) is 4.98 Å². The van der Waals surface area contributed by atoms with Gasteiger partial charge in [0.15, 0.2) is 0 Å². The third-order valence-electron chi connectivity index (χ3n) is 2.78. The minimum absolute atomic E-state index is 0.548. The monoisotopic (exact) mass is 215 g/mol. The van der Waals surface area contributed by atoms with Crippen molar-refractivity contribution in [2.75, 3.05) is 0 Å². The fourth-order valence-corrected chi connectivity index (χ4v) is 1.89. The second-order valence-corrected chi connectivity index (χ2v) is 3.90. The summed E-state index contributed by atoms with van der Waals surface area (Å²) < 4.78 is 2.13. The lowest BCUT2D eigenvalue weighted by atomic mass is 10.0. The van der Waals surface area contributed by atoms with Crippen molar-refractivity contribution in [2.45, 2.75) is 26.9 Å². The highest BCUT2D eigenvalue weighted by Crippen LogP contribution is 2.23. The van der Waals surface area contributed by atoms with E-state index in [0.29, 0.717) is 6.54 Å². The quantitative estimate of drug-likeness (QED) is 0.854. The van der Waals surface area contributed by atoms with Gasteiger partial charge in [-0.3, -0.25) is 0 Å². The molecule has 84 valence electrons. The molecule has 0 fully saturated rings. The molecule has 2 rings (SSSR count). The second-order valence-electron chi connectivity index (χ2n) is 3.90. The SMILES string of the molecule is CCn1ccnc1-c1cc(C)ccc1CN. The Balaban J connectivity index is 2.58. The van der Waals surface area contributed by atoms with Crippen LogP contribution >= 0.6 is 0 Å². The number of aromatic nitrogens is 2. The summed E-state index contributed by atoms with van der Waals surface area (Å²) in [6.07, 6.45) is 3.83. The van der Waals surface area contributed by atoms with Crippen molar-refractivity contribution in [3.05, 3.63) is 41.7 Å². The maximum atomic E-state index is 5.76. The number of rotatable bonds is 3. The van der Waals surface area contributed by atoms with Gasteiger partial charge in [-0.15, -0.1) is 0 Å². The molecule has 0 aliphatic carbocycles. The summed E-state index contributed by atoms with van der Waals surface area (Å²) in [6, 6.07) is 6.32. The Morgan fingerprint density at radius 1 is 1.38 bits per heavy atom. The van der Waals surface area contributed by atoms with Crippen LogP contribution in [0.1, 0.15) is 18.1 Å². The molecule has 1 heterocycles. The van der Waals surface area contributed by atoms with Crippen LogP contribution in [0.15, 0.2) is 30.6 Å². The zero-order valence-electron chi connectivity index (χ0n) is 9.77. The molecule has 2 N–H and O–H groups in total. The van der Waals surface area contributed by atoms with Crippen molar-refractivity contribution in [1.82, 2.24) is 9.55 Å². The minimum Gasteiger partial charge on any atom is -0.331 e. The van der Waals surface area contributed by atoms with E-state index in [4.69, 9.17) is 5.73 Å². The van der Waals surface area contributed by atoms with Gasteiger partial charge >= 0.3 is 0 Å². The third-order valence-corrected chi connectivity index (χ3v) is 2.78. The van der Waals surface area contributed by atoms with E-state index in [1.165, 1.54) is 5.56 Å². The maximum absolute atomic E-state index is 5.76. The number of hydrogen-bond donors (Lipinski definition) is 1. The summed E-state index contributed by atoms with van der Waals surface area (Å²) in [5, 5.41) is 0. The summed E-state index contributed by atoms with van der Waals surface area (Å²) in [5.41, 5.74) is 9.29. The average Bonchev–Trinajstić information content (AvgIpc) is 2.76. The predicted molar refractivity (Wildman–Crippen MR) is 66.0 cm³/mol. The lowest BCUT2D eigenvalue weighted by Crippen LogP contribution is -2.03.